The van der Waals surface area contributed by atoms with Crippen LogP contribution in [0.4, 0.5) is 0 Å². The molecule has 0 radical (unpaired) electrons. The Hall–Kier alpha value is -5.37. The van der Waals surface area contributed by atoms with Gasteiger partial charge in [-0.25, -0.2) is 0 Å². The van der Waals surface area contributed by atoms with Gasteiger partial charge in [0.15, 0.2) is 0 Å². The van der Waals surface area contributed by atoms with Gasteiger partial charge in [-0.2, -0.15) is 0 Å². The molecule has 0 aliphatic carbocycles. The SMILES string of the molecule is Cc1ccc(-c2ccc(C3(c4ccc(-c5ccccc5)cc4)c4c(ccc5ccccc45)Sc4ccc5ccccc5c43)cc2)cc1. The fourth-order valence-electron chi connectivity index (χ4n) is 7.64. The van der Waals surface area contributed by atoms with Gasteiger partial charge in [-0.3, -0.25) is 0 Å². The lowest BCUT2D eigenvalue weighted by Gasteiger charge is -2.43. The molecule has 222 valence electrons. The molecule has 0 nitrogen and oxygen atoms in total. The Morgan fingerprint density at radius 1 is 0.362 bits per heavy atom. The van der Waals surface area contributed by atoms with Crippen LogP contribution < -0.4 is 0 Å². The maximum absolute atomic E-state index is 2.38. The Balaban J connectivity index is 1.40. The summed E-state index contributed by atoms with van der Waals surface area (Å²) in [4.78, 5) is 2.61. The second-order valence-corrected chi connectivity index (χ2v) is 13.6. The van der Waals surface area contributed by atoms with E-state index >= 15 is 0 Å². The molecule has 0 bridgehead atoms. The molecular formula is C46H32S. The summed E-state index contributed by atoms with van der Waals surface area (Å²) in [5, 5.41) is 5.12. The number of fused-ring (bicyclic) bond motifs is 6. The van der Waals surface area contributed by atoms with Gasteiger partial charge in [0, 0.05) is 9.79 Å². The van der Waals surface area contributed by atoms with Crippen LogP contribution in [0.2, 0.25) is 0 Å². The Morgan fingerprint density at radius 2 is 0.766 bits per heavy atom. The largest absolute Gasteiger partial charge is 0.0894 e. The van der Waals surface area contributed by atoms with E-state index in [-0.39, 0.29) is 0 Å². The van der Waals surface area contributed by atoms with Gasteiger partial charge in [-0.05, 0) is 85.1 Å². The van der Waals surface area contributed by atoms with E-state index < -0.39 is 5.41 Å². The van der Waals surface area contributed by atoms with E-state index in [9.17, 15) is 0 Å². The standard InChI is InChI=1S/C46H32S/c1-31-15-17-33(18-16-31)35-21-27-39(28-22-35)46(38-25-19-34(20-26-38)32-9-3-2-4-10-32)44-40-13-7-5-11-36(40)23-29-42(44)47-43-30-24-37-12-6-8-14-41(37)45(43)46/h2-30H,1H3. The average molecular weight is 617 g/mol. The van der Waals surface area contributed by atoms with E-state index in [0.717, 1.165) is 0 Å². The highest BCUT2D eigenvalue weighted by atomic mass is 32.2. The first-order valence-corrected chi connectivity index (χ1v) is 17.1. The van der Waals surface area contributed by atoms with Gasteiger partial charge in [0.25, 0.3) is 0 Å². The fraction of sp³-hybridized carbons (Fsp3) is 0.0435. The summed E-state index contributed by atoms with van der Waals surface area (Å²) in [6.45, 7) is 2.14. The van der Waals surface area contributed by atoms with Crippen molar-refractivity contribution < 1.29 is 0 Å². The summed E-state index contributed by atoms with van der Waals surface area (Å²) >= 11 is 1.91. The van der Waals surface area contributed by atoms with Crippen molar-refractivity contribution in [3.8, 4) is 22.3 Å². The minimum Gasteiger partial charge on any atom is -0.0894 e. The Bertz CT molecular complexity index is 2320. The molecule has 8 aromatic rings. The smallest absolute Gasteiger partial charge is 0.0735 e. The summed E-state index contributed by atoms with van der Waals surface area (Å²) in [5.41, 5.74) is 10.9. The number of hydrogen-bond donors (Lipinski definition) is 0. The first-order chi connectivity index (χ1) is 23.2. The summed E-state index contributed by atoms with van der Waals surface area (Å²) < 4.78 is 0. The molecule has 0 aromatic heterocycles. The molecule has 0 saturated heterocycles. The molecule has 0 fully saturated rings. The minimum atomic E-state index is -0.557. The predicted molar refractivity (Wildman–Crippen MR) is 199 cm³/mol. The van der Waals surface area contributed by atoms with Crippen LogP contribution in [0.5, 0.6) is 0 Å². The van der Waals surface area contributed by atoms with Crippen LogP contribution in [0.1, 0.15) is 27.8 Å². The quantitative estimate of drug-likeness (QED) is 0.190. The highest BCUT2D eigenvalue weighted by Crippen LogP contribution is 2.59. The van der Waals surface area contributed by atoms with Crippen LogP contribution >= 0.6 is 11.8 Å². The molecule has 47 heavy (non-hydrogen) atoms. The van der Waals surface area contributed by atoms with Crippen molar-refractivity contribution in [3.05, 3.63) is 204 Å². The minimum absolute atomic E-state index is 0.557. The van der Waals surface area contributed by atoms with Gasteiger partial charge in [0.2, 0.25) is 0 Å². The van der Waals surface area contributed by atoms with Gasteiger partial charge in [0.1, 0.15) is 0 Å². The third-order valence-electron chi connectivity index (χ3n) is 9.88. The van der Waals surface area contributed by atoms with Crippen molar-refractivity contribution in [3.63, 3.8) is 0 Å². The van der Waals surface area contributed by atoms with Gasteiger partial charge in [0.05, 0.1) is 5.41 Å². The van der Waals surface area contributed by atoms with Crippen LogP contribution in [0.3, 0.4) is 0 Å². The Labute approximate surface area is 280 Å². The van der Waals surface area contributed by atoms with Gasteiger partial charge >= 0.3 is 0 Å². The third kappa shape index (κ3) is 4.46. The third-order valence-corrected chi connectivity index (χ3v) is 11.0. The topological polar surface area (TPSA) is 0 Å². The number of rotatable bonds is 4. The van der Waals surface area contributed by atoms with E-state index in [2.05, 4.69) is 183 Å². The molecule has 1 aliphatic rings. The first-order valence-electron chi connectivity index (χ1n) is 16.3. The first kappa shape index (κ1) is 27.9. The van der Waals surface area contributed by atoms with Crippen molar-refractivity contribution in [2.75, 3.05) is 0 Å². The molecule has 0 atom stereocenters. The summed E-state index contributed by atoms with van der Waals surface area (Å²) in [7, 11) is 0. The van der Waals surface area contributed by atoms with Crippen molar-refractivity contribution >= 4 is 33.3 Å². The molecule has 1 aliphatic heterocycles. The molecule has 0 amide bonds. The zero-order valence-corrected chi connectivity index (χ0v) is 27.0. The van der Waals surface area contributed by atoms with Crippen LogP contribution in [-0.4, -0.2) is 0 Å². The molecule has 1 heterocycles. The average Bonchev–Trinajstić information content (AvgIpc) is 3.14. The Morgan fingerprint density at radius 3 is 1.26 bits per heavy atom. The predicted octanol–water partition coefficient (Wildman–Crippen LogP) is 12.5. The van der Waals surface area contributed by atoms with Crippen molar-refractivity contribution in [1.82, 2.24) is 0 Å². The van der Waals surface area contributed by atoms with Crippen LogP contribution in [0.25, 0.3) is 43.8 Å². The second kappa shape index (κ2) is 11.2. The number of aryl methyl sites for hydroxylation is 1. The normalized spacial score (nSPS) is 13.3. The fourth-order valence-corrected chi connectivity index (χ4v) is 8.88. The molecule has 9 rings (SSSR count). The molecular weight excluding hydrogens is 585 g/mol. The van der Waals surface area contributed by atoms with Crippen molar-refractivity contribution in [1.29, 1.82) is 0 Å². The zero-order valence-electron chi connectivity index (χ0n) is 26.2. The highest BCUT2D eigenvalue weighted by Gasteiger charge is 2.46. The van der Waals surface area contributed by atoms with E-state index in [1.165, 1.54) is 81.4 Å². The molecule has 0 saturated carbocycles. The summed E-state index contributed by atoms with van der Waals surface area (Å²) in [6, 6.07) is 65.4. The lowest BCUT2D eigenvalue weighted by Crippen LogP contribution is -2.34. The maximum Gasteiger partial charge on any atom is 0.0735 e. The van der Waals surface area contributed by atoms with E-state index in [1.807, 2.05) is 11.8 Å². The summed E-state index contributed by atoms with van der Waals surface area (Å²) in [5.74, 6) is 0. The maximum atomic E-state index is 2.38. The highest BCUT2D eigenvalue weighted by molar-refractivity contribution is 7.99. The lowest BCUT2D eigenvalue weighted by molar-refractivity contribution is 0.718. The van der Waals surface area contributed by atoms with Gasteiger partial charge < -0.3 is 0 Å². The van der Waals surface area contributed by atoms with E-state index in [0.29, 0.717) is 0 Å². The zero-order chi connectivity index (χ0) is 31.4. The van der Waals surface area contributed by atoms with E-state index in [1.54, 1.807) is 0 Å². The number of hydrogen-bond acceptors (Lipinski definition) is 1. The van der Waals surface area contributed by atoms with Gasteiger partial charge in [-0.1, -0.05) is 181 Å². The molecule has 0 spiro atoms. The Kier molecular flexibility index (Phi) is 6.62. The number of benzene rings is 8. The molecule has 1 heteroatoms. The molecule has 8 aromatic carbocycles. The summed E-state index contributed by atoms with van der Waals surface area (Å²) in [6.07, 6.45) is 0. The van der Waals surface area contributed by atoms with Crippen molar-refractivity contribution in [2.24, 2.45) is 0 Å². The van der Waals surface area contributed by atoms with Crippen LogP contribution in [-0.2, 0) is 5.41 Å². The second-order valence-electron chi connectivity index (χ2n) is 12.6. The molecule has 0 unspecified atom stereocenters. The van der Waals surface area contributed by atoms with Crippen molar-refractivity contribution in [2.45, 2.75) is 22.1 Å². The molecule has 0 N–H and O–H groups in total. The van der Waals surface area contributed by atoms with Gasteiger partial charge in [-0.15, -0.1) is 0 Å². The van der Waals surface area contributed by atoms with Crippen LogP contribution in [0.15, 0.2) is 186 Å². The lowest BCUT2D eigenvalue weighted by atomic mass is 9.62. The monoisotopic (exact) mass is 616 g/mol. The van der Waals surface area contributed by atoms with Crippen LogP contribution in [0, 0.1) is 6.92 Å². The van der Waals surface area contributed by atoms with E-state index in [4.69, 9.17) is 0 Å².